The number of benzene rings is 2. The van der Waals surface area contributed by atoms with Crippen molar-refractivity contribution >= 4 is 10.0 Å². The maximum Gasteiger partial charge on any atom is 0.241 e. The Kier molecular flexibility index (Phi) is 4.29. The first-order valence-corrected chi connectivity index (χ1v) is 9.61. The first kappa shape index (κ1) is 11.6. The molecule has 154 valence electrons. The van der Waals surface area contributed by atoms with Crippen molar-refractivity contribution in [1.29, 1.82) is 0 Å². The van der Waals surface area contributed by atoms with Crippen LogP contribution in [0.15, 0.2) is 47.4 Å². The zero-order valence-electron chi connectivity index (χ0n) is 25.3. The predicted octanol–water partition coefficient (Wildman–Crippen LogP) is 2.34. The summed E-state index contributed by atoms with van der Waals surface area (Å²) < 4.78 is 122. The molecule has 1 atom stereocenters. The van der Waals surface area contributed by atoms with Crippen molar-refractivity contribution in [2.24, 2.45) is 5.14 Å². The van der Waals surface area contributed by atoms with Crippen LogP contribution in [0.5, 0.6) is 17.2 Å². The van der Waals surface area contributed by atoms with E-state index < -0.39 is 52.8 Å². The molecule has 0 aromatic heterocycles. The molecule has 0 fully saturated rings. The van der Waals surface area contributed by atoms with Crippen LogP contribution in [0, 0.1) is 0 Å². The highest BCUT2D eigenvalue weighted by molar-refractivity contribution is 7.89. The predicted molar refractivity (Wildman–Crippen MR) is 109 cm³/mol. The van der Waals surface area contributed by atoms with Gasteiger partial charge in [-0.25, -0.2) is 13.6 Å². The van der Waals surface area contributed by atoms with Crippen molar-refractivity contribution in [2.45, 2.75) is 31.1 Å². The number of hydrogen-bond acceptors (Lipinski definition) is 6. The van der Waals surface area contributed by atoms with Crippen LogP contribution in [0.3, 0.4) is 0 Å². The second kappa shape index (κ2) is 10.3. The summed E-state index contributed by atoms with van der Waals surface area (Å²) in [6.45, 7) is -8.69. The lowest BCUT2D eigenvalue weighted by Gasteiger charge is -2.16. The largest absolute Gasteiger partial charge is 0.495 e. The van der Waals surface area contributed by atoms with Crippen molar-refractivity contribution in [1.82, 2.24) is 5.32 Å². The van der Waals surface area contributed by atoms with Crippen LogP contribution in [0.2, 0.25) is 0 Å². The average molecular weight is 419 g/mol. The maximum absolute atomic E-state index is 12.0. The molecule has 0 aliphatic rings. The number of rotatable bonds is 11. The summed E-state index contributed by atoms with van der Waals surface area (Å²) in [6, 6.07) is 4.75. The fourth-order valence-electron chi connectivity index (χ4n) is 2.13. The van der Waals surface area contributed by atoms with E-state index in [0.29, 0.717) is 6.07 Å². The molecule has 0 heterocycles. The lowest BCUT2D eigenvalue weighted by molar-refractivity contribution is 0.272. The van der Waals surface area contributed by atoms with E-state index in [0.717, 1.165) is 19.2 Å². The van der Waals surface area contributed by atoms with Gasteiger partial charge >= 0.3 is 0 Å². The molecule has 0 saturated heterocycles. The van der Waals surface area contributed by atoms with Crippen LogP contribution in [0.1, 0.15) is 33.0 Å². The number of nitrogens with two attached hydrogens (primary N) is 1. The fourth-order valence-corrected chi connectivity index (χ4v) is 2.85. The number of nitrogens with one attached hydrogen (secondary N) is 1. The molecule has 0 radical (unpaired) electrons. The van der Waals surface area contributed by atoms with Crippen LogP contribution < -0.4 is 24.7 Å². The molecular weight excluding hydrogens is 380 g/mol. The first-order valence-electron chi connectivity index (χ1n) is 13.1. The van der Waals surface area contributed by atoms with Gasteiger partial charge in [-0.2, -0.15) is 0 Å². The van der Waals surface area contributed by atoms with Gasteiger partial charge in [0.05, 0.1) is 16.5 Å². The summed E-state index contributed by atoms with van der Waals surface area (Å²) in [6.07, 6.45) is -3.36. The third-order valence-corrected chi connectivity index (χ3v) is 4.22. The Hall–Kier alpha value is -2.29. The molecule has 2 rings (SSSR count). The lowest BCUT2D eigenvalue weighted by Crippen LogP contribution is -2.32. The highest BCUT2D eigenvalue weighted by atomic mass is 32.2. The highest BCUT2D eigenvalue weighted by Crippen LogP contribution is 2.26. The molecule has 3 N–H and O–H groups in total. The van der Waals surface area contributed by atoms with E-state index >= 15 is 0 Å². The Morgan fingerprint density at radius 1 is 1.21 bits per heavy atom. The molecule has 0 bridgehead atoms. The molecule has 0 aliphatic carbocycles. The van der Waals surface area contributed by atoms with Gasteiger partial charge in [0.25, 0.3) is 0 Å². The number of para-hydroxylation sites is 2. The molecule has 0 spiro atoms. The summed E-state index contributed by atoms with van der Waals surface area (Å²) in [5.41, 5.74) is -0.681. The molecule has 7 nitrogen and oxygen atoms in total. The van der Waals surface area contributed by atoms with Crippen LogP contribution in [0.25, 0.3) is 0 Å². The van der Waals surface area contributed by atoms with Crippen molar-refractivity contribution in [3.8, 4) is 17.2 Å². The van der Waals surface area contributed by atoms with E-state index in [1.165, 1.54) is 18.2 Å². The molecule has 2 aromatic carbocycles. The fraction of sp³-hybridized carbons (Fsp3) is 0.400. The Bertz CT molecular complexity index is 1260. The molecule has 2 aromatic rings. The van der Waals surface area contributed by atoms with Gasteiger partial charge in [0, 0.05) is 23.5 Å². The minimum Gasteiger partial charge on any atom is -0.495 e. The summed E-state index contributed by atoms with van der Waals surface area (Å²) >= 11 is 0. The third kappa shape index (κ3) is 6.40. The summed E-state index contributed by atoms with van der Waals surface area (Å²) in [4.78, 5) is -0.705. The zero-order valence-corrected chi connectivity index (χ0v) is 16.1. The third-order valence-electron chi connectivity index (χ3n) is 3.29. The van der Waals surface area contributed by atoms with E-state index in [-0.39, 0.29) is 23.9 Å². The van der Waals surface area contributed by atoms with Crippen LogP contribution in [-0.4, -0.2) is 41.2 Å². The average Bonchev–Trinajstić information content (AvgIpc) is 2.78. The molecule has 0 amide bonds. The molecular formula is C20H28N2O5S. The molecule has 0 unspecified atom stereocenters. The van der Waals surface area contributed by atoms with Crippen molar-refractivity contribution in [3.63, 3.8) is 0 Å². The van der Waals surface area contributed by atoms with Gasteiger partial charge in [0.2, 0.25) is 10.0 Å². The minimum atomic E-state index is -4.49. The molecule has 0 aliphatic heterocycles. The SMILES string of the molecule is [2H]C([2H])(N[C@@]([2H])(C([2H])([2H])[2H])C([2H])([2H])c1ccc(OC)c(S(N)(=O)=O)c1)C([2H])([2H])Oc1ccccc1OCC. The van der Waals surface area contributed by atoms with Gasteiger partial charge in [-0.3, -0.25) is 0 Å². The van der Waals surface area contributed by atoms with Crippen molar-refractivity contribution < 1.29 is 36.3 Å². The lowest BCUT2D eigenvalue weighted by atomic mass is 10.1. The van der Waals surface area contributed by atoms with E-state index in [1.54, 1.807) is 18.3 Å². The monoisotopic (exact) mass is 418 g/mol. The quantitative estimate of drug-likeness (QED) is 0.581. The summed E-state index contributed by atoms with van der Waals surface area (Å²) in [5.74, 6) is -0.449. The van der Waals surface area contributed by atoms with Crippen molar-refractivity contribution in [3.05, 3.63) is 48.0 Å². The van der Waals surface area contributed by atoms with Gasteiger partial charge in [-0.15, -0.1) is 0 Å². The zero-order chi connectivity index (χ0) is 29.4. The summed E-state index contributed by atoms with van der Waals surface area (Å²) in [5, 5.41) is 6.82. The van der Waals surface area contributed by atoms with E-state index in [4.69, 9.17) is 33.1 Å². The first-order chi connectivity index (χ1) is 17.1. The number of ether oxygens (including phenoxy) is 3. The highest BCUT2D eigenvalue weighted by Gasteiger charge is 2.16. The van der Waals surface area contributed by atoms with E-state index in [9.17, 15) is 8.42 Å². The van der Waals surface area contributed by atoms with Gasteiger partial charge < -0.3 is 19.5 Å². The van der Waals surface area contributed by atoms with E-state index in [2.05, 4.69) is 0 Å². The minimum absolute atomic E-state index is 0.0618. The van der Waals surface area contributed by atoms with E-state index in [1.807, 2.05) is 0 Å². The van der Waals surface area contributed by atoms with Gasteiger partial charge in [0.1, 0.15) is 17.2 Å². The Morgan fingerprint density at radius 2 is 1.93 bits per heavy atom. The van der Waals surface area contributed by atoms with Gasteiger partial charge in [-0.05, 0) is 50.0 Å². The molecule has 0 saturated carbocycles. The van der Waals surface area contributed by atoms with Gasteiger partial charge in [-0.1, -0.05) is 18.2 Å². The normalized spacial score (nSPS) is 20.8. The molecule has 8 heteroatoms. The van der Waals surface area contributed by atoms with Crippen LogP contribution in [-0.2, 0) is 16.4 Å². The Morgan fingerprint density at radius 3 is 2.54 bits per heavy atom. The maximum atomic E-state index is 12.0. The Balaban J connectivity index is 2.61. The van der Waals surface area contributed by atoms with Crippen LogP contribution >= 0.6 is 0 Å². The summed E-state index contributed by atoms with van der Waals surface area (Å²) in [7, 11) is -3.37. The number of primary sulfonamides is 1. The van der Waals surface area contributed by atoms with Crippen molar-refractivity contribution in [2.75, 3.05) is 26.8 Å². The van der Waals surface area contributed by atoms with Gasteiger partial charge in [0.15, 0.2) is 11.5 Å². The van der Waals surface area contributed by atoms with Crippen LogP contribution in [0.4, 0.5) is 0 Å². The molecule has 28 heavy (non-hydrogen) atoms. The Labute approximate surface area is 180 Å². The standard InChI is InChI=1S/C20H28N2O5S/c1-4-26-17-7-5-6-8-18(17)27-12-11-22-15(2)13-16-9-10-19(25-3)20(14-16)28(21,23)24/h5-10,14-15,22H,4,11-13H2,1-3H3,(H2,21,23,24)/t15-/m0/s1/i2D3,11D2,12D2,13D2,15D. The number of sulfonamides is 1. The smallest absolute Gasteiger partial charge is 0.241 e. The number of methoxy groups -OCH3 is 1. The second-order valence-corrected chi connectivity index (χ2v) is 6.77. The second-order valence-electron chi connectivity index (χ2n) is 5.24. The number of hydrogen-bond donors (Lipinski definition) is 2. The topological polar surface area (TPSA) is 99.9 Å².